The van der Waals surface area contributed by atoms with Crippen molar-refractivity contribution < 1.29 is 17.9 Å². The highest BCUT2D eigenvalue weighted by atomic mass is 79.9. The molecular weight excluding hydrogens is 325 g/mol. The number of rotatable bonds is 5. The highest BCUT2D eigenvalue weighted by Crippen LogP contribution is 2.34. The highest BCUT2D eigenvalue weighted by molar-refractivity contribution is 9.10. The summed E-state index contributed by atoms with van der Waals surface area (Å²) in [6, 6.07) is 3.43. The Bertz CT molecular complexity index is 545. The number of sulfonamides is 1. The molecule has 0 atom stereocenters. The summed E-state index contributed by atoms with van der Waals surface area (Å²) in [6.07, 6.45) is 1.61. The van der Waals surface area contributed by atoms with Gasteiger partial charge in [0.05, 0.1) is 11.5 Å². The average Bonchev–Trinajstić information content (AvgIpc) is 3.08. The van der Waals surface area contributed by atoms with Gasteiger partial charge in [-0.25, -0.2) is 12.8 Å². The Morgan fingerprint density at radius 3 is 2.61 bits per heavy atom. The first-order chi connectivity index (χ1) is 8.46. The van der Waals surface area contributed by atoms with Crippen LogP contribution in [0.25, 0.3) is 0 Å². The van der Waals surface area contributed by atoms with Crippen molar-refractivity contribution >= 4 is 26.0 Å². The SMILES string of the molecule is O=S(=O)(c1ccc(F)cc1Br)N(CCO)C1CC1. The van der Waals surface area contributed by atoms with Gasteiger partial charge in [0.25, 0.3) is 0 Å². The molecule has 0 aromatic heterocycles. The number of hydrogen-bond donors (Lipinski definition) is 1. The van der Waals surface area contributed by atoms with Crippen LogP contribution >= 0.6 is 15.9 Å². The lowest BCUT2D eigenvalue weighted by Gasteiger charge is -2.21. The quantitative estimate of drug-likeness (QED) is 0.890. The molecule has 1 saturated carbocycles. The number of benzene rings is 1. The average molecular weight is 338 g/mol. The lowest BCUT2D eigenvalue weighted by molar-refractivity contribution is 0.250. The Hall–Kier alpha value is -0.500. The first-order valence-electron chi connectivity index (χ1n) is 5.54. The van der Waals surface area contributed by atoms with E-state index in [1.54, 1.807) is 0 Å². The van der Waals surface area contributed by atoms with E-state index in [1.807, 2.05) is 0 Å². The van der Waals surface area contributed by atoms with E-state index in [-0.39, 0.29) is 28.6 Å². The third-order valence-electron chi connectivity index (χ3n) is 2.76. The summed E-state index contributed by atoms with van der Waals surface area (Å²) < 4.78 is 39.3. The van der Waals surface area contributed by atoms with Crippen LogP contribution in [0.2, 0.25) is 0 Å². The van der Waals surface area contributed by atoms with Crippen LogP contribution in [0.5, 0.6) is 0 Å². The van der Waals surface area contributed by atoms with Gasteiger partial charge in [0, 0.05) is 17.1 Å². The Kier molecular flexibility index (Phi) is 4.05. The number of nitrogens with zero attached hydrogens (tertiary/aromatic N) is 1. The van der Waals surface area contributed by atoms with E-state index < -0.39 is 15.8 Å². The Balaban J connectivity index is 2.39. The van der Waals surface area contributed by atoms with E-state index in [1.165, 1.54) is 10.4 Å². The van der Waals surface area contributed by atoms with Crippen LogP contribution in [0.1, 0.15) is 12.8 Å². The number of halogens is 2. The largest absolute Gasteiger partial charge is 0.395 e. The molecule has 0 bridgehead atoms. The zero-order valence-corrected chi connectivity index (χ0v) is 11.9. The van der Waals surface area contributed by atoms with Gasteiger partial charge in [0.15, 0.2) is 0 Å². The molecule has 1 N–H and O–H groups in total. The van der Waals surface area contributed by atoms with E-state index in [0.717, 1.165) is 25.0 Å². The fourth-order valence-electron chi connectivity index (χ4n) is 1.77. The summed E-state index contributed by atoms with van der Waals surface area (Å²) in [5, 5.41) is 8.96. The molecule has 1 aliphatic rings. The molecular formula is C11H13BrFNO3S. The van der Waals surface area contributed by atoms with Crippen LogP contribution in [0.3, 0.4) is 0 Å². The second-order valence-electron chi connectivity index (χ2n) is 4.15. The molecule has 100 valence electrons. The molecule has 1 aromatic rings. The van der Waals surface area contributed by atoms with Crippen molar-refractivity contribution in [3.8, 4) is 0 Å². The monoisotopic (exact) mass is 337 g/mol. The molecule has 0 radical (unpaired) electrons. The normalized spacial score (nSPS) is 16.2. The molecule has 0 unspecified atom stereocenters. The van der Waals surface area contributed by atoms with Gasteiger partial charge in [-0.05, 0) is 47.0 Å². The van der Waals surface area contributed by atoms with Crippen LogP contribution in [-0.2, 0) is 10.0 Å². The van der Waals surface area contributed by atoms with Crippen molar-refractivity contribution in [1.29, 1.82) is 0 Å². The molecule has 2 rings (SSSR count). The molecule has 7 heteroatoms. The standard InChI is InChI=1S/C11H13BrFNO3S/c12-10-7-8(13)1-4-11(10)18(16,17)14(5-6-15)9-2-3-9/h1,4,7,9,15H,2-3,5-6H2. The molecule has 0 saturated heterocycles. The summed E-state index contributed by atoms with van der Waals surface area (Å²) in [4.78, 5) is 0.0317. The fourth-order valence-corrected chi connectivity index (χ4v) is 4.46. The van der Waals surface area contributed by atoms with Crippen molar-refractivity contribution in [2.24, 2.45) is 0 Å². The molecule has 0 aliphatic heterocycles. The third kappa shape index (κ3) is 2.74. The van der Waals surface area contributed by atoms with Crippen molar-refractivity contribution in [3.05, 3.63) is 28.5 Å². The molecule has 1 aliphatic carbocycles. The second kappa shape index (κ2) is 5.24. The Morgan fingerprint density at radius 1 is 1.44 bits per heavy atom. The van der Waals surface area contributed by atoms with Crippen molar-refractivity contribution in [1.82, 2.24) is 4.31 Å². The lowest BCUT2D eigenvalue weighted by atomic mass is 10.3. The third-order valence-corrected chi connectivity index (χ3v) is 5.68. The van der Waals surface area contributed by atoms with Crippen LogP contribution in [0.15, 0.2) is 27.6 Å². The summed E-state index contributed by atoms with van der Waals surface area (Å²) in [5.74, 6) is -0.499. The maximum atomic E-state index is 13.0. The number of hydrogen-bond acceptors (Lipinski definition) is 3. The van der Waals surface area contributed by atoms with E-state index in [9.17, 15) is 12.8 Å². The number of aliphatic hydroxyl groups is 1. The van der Waals surface area contributed by atoms with E-state index in [4.69, 9.17) is 5.11 Å². The fraction of sp³-hybridized carbons (Fsp3) is 0.455. The van der Waals surface area contributed by atoms with Gasteiger partial charge >= 0.3 is 0 Å². The topological polar surface area (TPSA) is 57.6 Å². The van der Waals surface area contributed by atoms with Crippen LogP contribution < -0.4 is 0 Å². The maximum Gasteiger partial charge on any atom is 0.244 e. The van der Waals surface area contributed by atoms with Gasteiger partial charge in [-0.2, -0.15) is 4.31 Å². The molecule has 1 aromatic carbocycles. The van der Waals surface area contributed by atoms with Gasteiger partial charge in [-0.1, -0.05) is 0 Å². The number of aliphatic hydroxyl groups excluding tert-OH is 1. The minimum Gasteiger partial charge on any atom is -0.395 e. The van der Waals surface area contributed by atoms with Gasteiger partial charge < -0.3 is 5.11 Å². The van der Waals surface area contributed by atoms with Crippen molar-refractivity contribution in [2.45, 2.75) is 23.8 Å². The molecule has 0 amide bonds. The summed E-state index contributed by atoms with van der Waals surface area (Å²) in [7, 11) is -3.69. The zero-order chi connectivity index (χ0) is 13.3. The van der Waals surface area contributed by atoms with Crippen LogP contribution in [0.4, 0.5) is 4.39 Å². The zero-order valence-electron chi connectivity index (χ0n) is 9.51. The summed E-state index contributed by atoms with van der Waals surface area (Å²) in [5.41, 5.74) is 0. The Labute approximate surface area is 114 Å². The Morgan fingerprint density at radius 2 is 2.11 bits per heavy atom. The van der Waals surface area contributed by atoms with Crippen LogP contribution in [-0.4, -0.2) is 37.0 Å². The van der Waals surface area contributed by atoms with Gasteiger partial charge in [0.2, 0.25) is 10.0 Å². The molecule has 18 heavy (non-hydrogen) atoms. The summed E-state index contributed by atoms with van der Waals surface area (Å²) in [6.45, 7) is -0.161. The lowest BCUT2D eigenvalue weighted by Crippen LogP contribution is -2.35. The van der Waals surface area contributed by atoms with E-state index >= 15 is 0 Å². The minimum atomic E-state index is -3.69. The van der Waals surface area contributed by atoms with Crippen LogP contribution in [0, 0.1) is 5.82 Å². The highest BCUT2D eigenvalue weighted by Gasteiger charge is 2.38. The smallest absolute Gasteiger partial charge is 0.244 e. The van der Waals surface area contributed by atoms with E-state index in [2.05, 4.69) is 15.9 Å². The molecule has 4 nitrogen and oxygen atoms in total. The van der Waals surface area contributed by atoms with Gasteiger partial charge in [0.1, 0.15) is 5.82 Å². The first-order valence-corrected chi connectivity index (χ1v) is 7.78. The maximum absolute atomic E-state index is 13.0. The van der Waals surface area contributed by atoms with Gasteiger partial charge in [-0.15, -0.1) is 0 Å². The predicted molar refractivity (Wildman–Crippen MR) is 68.1 cm³/mol. The second-order valence-corrected chi connectivity index (χ2v) is 6.86. The molecule has 1 fully saturated rings. The minimum absolute atomic E-state index is 0.0317. The van der Waals surface area contributed by atoms with E-state index in [0.29, 0.717) is 0 Å². The first kappa shape index (κ1) is 13.9. The van der Waals surface area contributed by atoms with Crippen molar-refractivity contribution in [2.75, 3.05) is 13.2 Å². The summed E-state index contributed by atoms with van der Waals surface area (Å²) >= 11 is 3.06. The molecule has 0 heterocycles. The van der Waals surface area contributed by atoms with Gasteiger partial charge in [-0.3, -0.25) is 0 Å². The van der Waals surface area contributed by atoms with Crippen molar-refractivity contribution in [3.63, 3.8) is 0 Å². The predicted octanol–water partition coefficient (Wildman–Crippen LogP) is 1.73. The molecule has 0 spiro atoms.